The second kappa shape index (κ2) is 9.14. The summed E-state index contributed by atoms with van der Waals surface area (Å²) in [6.45, 7) is 22.1. The quantitative estimate of drug-likeness (QED) is 0.209. The Morgan fingerprint density at radius 3 is 1.85 bits per heavy atom. The molecule has 1 aliphatic carbocycles. The van der Waals surface area contributed by atoms with E-state index in [1.165, 1.54) is 0 Å². The fourth-order valence-electron chi connectivity index (χ4n) is 4.21. The molecular weight excluding hydrogens is 352 g/mol. The van der Waals surface area contributed by atoms with Gasteiger partial charge >= 0.3 is 5.97 Å². The zero-order chi connectivity index (χ0) is 21.0. The highest BCUT2D eigenvalue weighted by Gasteiger charge is 2.46. The van der Waals surface area contributed by atoms with Crippen molar-refractivity contribution in [2.45, 2.75) is 111 Å². The van der Waals surface area contributed by atoms with Gasteiger partial charge in [-0.15, -0.1) is 0 Å². The Hall–Kier alpha value is -0.793. The van der Waals surface area contributed by atoms with E-state index >= 15 is 0 Å². The molecule has 0 heterocycles. The van der Waals surface area contributed by atoms with Crippen LogP contribution in [0.1, 0.15) is 88.5 Å². The van der Waals surface area contributed by atoms with Gasteiger partial charge in [-0.05, 0) is 57.2 Å². The molecule has 27 heavy (non-hydrogen) atoms. The van der Waals surface area contributed by atoms with Gasteiger partial charge in [-0.2, -0.15) is 0 Å². The Labute approximate surface area is 169 Å². The van der Waals surface area contributed by atoms with Gasteiger partial charge in [0.25, 0.3) is 0 Å². The first-order chi connectivity index (χ1) is 12.3. The fourth-order valence-corrected chi connectivity index (χ4v) is 9.66. The lowest BCUT2D eigenvalue weighted by atomic mass is 9.95. The van der Waals surface area contributed by atoms with Crippen LogP contribution in [0.15, 0.2) is 0 Å². The molecule has 4 heteroatoms. The number of esters is 1. The molecule has 0 bridgehead atoms. The molecule has 1 aliphatic rings. The van der Waals surface area contributed by atoms with Crippen LogP contribution in [0.25, 0.3) is 0 Å². The van der Waals surface area contributed by atoms with Crippen LogP contribution in [0.5, 0.6) is 0 Å². The summed E-state index contributed by atoms with van der Waals surface area (Å²) in [5.74, 6) is 6.74. The molecular formula is C23H42O3Si. The predicted octanol–water partition coefficient (Wildman–Crippen LogP) is 6.33. The maximum Gasteiger partial charge on any atom is 0.312 e. The number of carbonyl (C=O) groups is 1. The number of carbonyl (C=O) groups excluding carboxylic acids is 1. The Morgan fingerprint density at radius 2 is 1.48 bits per heavy atom. The molecule has 156 valence electrons. The van der Waals surface area contributed by atoms with E-state index in [2.05, 4.69) is 53.4 Å². The summed E-state index contributed by atoms with van der Waals surface area (Å²) in [5, 5.41) is 0. The average molecular weight is 395 g/mol. The lowest BCUT2D eigenvalue weighted by molar-refractivity contribution is -0.164. The van der Waals surface area contributed by atoms with E-state index < -0.39 is 19.3 Å². The molecule has 0 spiro atoms. The van der Waals surface area contributed by atoms with Crippen LogP contribution in [-0.2, 0) is 14.0 Å². The number of hydrogen-bond donors (Lipinski definition) is 0. The molecule has 0 N–H and O–H groups in total. The molecule has 1 saturated carbocycles. The molecule has 3 nitrogen and oxygen atoms in total. The first kappa shape index (κ1) is 24.2. The summed E-state index contributed by atoms with van der Waals surface area (Å²) in [7, 11) is -1.84. The first-order valence-corrected chi connectivity index (χ1v) is 12.8. The molecule has 0 radical (unpaired) electrons. The molecule has 0 aromatic carbocycles. The second-order valence-corrected chi connectivity index (χ2v) is 15.7. The van der Waals surface area contributed by atoms with E-state index in [0.29, 0.717) is 35.6 Å². The van der Waals surface area contributed by atoms with Gasteiger partial charge in [-0.25, -0.2) is 0 Å². The van der Waals surface area contributed by atoms with Gasteiger partial charge in [-0.3, -0.25) is 4.79 Å². The van der Waals surface area contributed by atoms with Gasteiger partial charge in [0.1, 0.15) is 0 Å². The Morgan fingerprint density at radius 1 is 1.00 bits per heavy atom. The van der Waals surface area contributed by atoms with Crippen molar-refractivity contribution >= 4 is 14.3 Å². The van der Waals surface area contributed by atoms with Crippen molar-refractivity contribution in [3.8, 4) is 11.8 Å². The third-order valence-corrected chi connectivity index (χ3v) is 12.0. The predicted molar refractivity (Wildman–Crippen MR) is 116 cm³/mol. The van der Waals surface area contributed by atoms with Crippen molar-refractivity contribution in [3.05, 3.63) is 0 Å². The number of hydrogen-bond acceptors (Lipinski definition) is 3. The van der Waals surface area contributed by atoms with Crippen molar-refractivity contribution in [2.24, 2.45) is 11.3 Å². The van der Waals surface area contributed by atoms with Crippen LogP contribution < -0.4 is 0 Å². The highest BCUT2D eigenvalue weighted by Crippen LogP contribution is 2.43. The SMILES string of the molecule is CC(C)[Si](OCCC#CC(C)(OC(=O)C(C)(C)C)C1CC1)(C(C)C)C(C)C. The Balaban J connectivity index is 2.76. The summed E-state index contributed by atoms with van der Waals surface area (Å²) in [5.41, 5.74) is 0.574. The molecule has 1 unspecified atom stereocenters. The van der Waals surface area contributed by atoms with Gasteiger partial charge < -0.3 is 9.16 Å². The third-order valence-electron chi connectivity index (χ3n) is 5.90. The maximum absolute atomic E-state index is 12.3. The van der Waals surface area contributed by atoms with Gasteiger partial charge in [0, 0.05) is 18.9 Å². The van der Waals surface area contributed by atoms with Crippen molar-refractivity contribution in [1.82, 2.24) is 0 Å². The molecule has 0 aromatic heterocycles. The fraction of sp³-hybridized carbons (Fsp3) is 0.870. The van der Waals surface area contributed by atoms with E-state index in [0.717, 1.165) is 12.8 Å². The van der Waals surface area contributed by atoms with E-state index in [9.17, 15) is 4.79 Å². The van der Waals surface area contributed by atoms with Gasteiger partial charge in [0.15, 0.2) is 13.9 Å². The highest BCUT2D eigenvalue weighted by atomic mass is 28.4. The van der Waals surface area contributed by atoms with Crippen molar-refractivity contribution in [3.63, 3.8) is 0 Å². The zero-order valence-electron chi connectivity index (χ0n) is 19.4. The minimum Gasteiger partial charge on any atom is -0.445 e. The van der Waals surface area contributed by atoms with E-state index in [4.69, 9.17) is 9.16 Å². The summed E-state index contributed by atoms with van der Waals surface area (Å²) in [6.07, 6.45) is 2.86. The van der Waals surface area contributed by atoms with Crippen molar-refractivity contribution in [1.29, 1.82) is 0 Å². The normalized spacial score (nSPS) is 17.7. The van der Waals surface area contributed by atoms with Crippen LogP contribution >= 0.6 is 0 Å². The zero-order valence-corrected chi connectivity index (χ0v) is 20.4. The number of rotatable bonds is 8. The Bertz CT molecular complexity index is 537. The molecule has 0 amide bonds. The first-order valence-electron chi connectivity index (χ1n) is 10.6. The average Bonchev–Trinajstić information content (AvgIpc) is 3.33. The van der Waals surface area contributed by atoms with Crippen LogP contribution in [0.4, 0.5) is 0 Å². The topological polar surface area (TPSA) is 35.5 Å². The van der Waals surface area contributed by atoms with Crippen LogP contribution in [0.3, 0.4) is 0 Å². The molecule has 0 aliphatic heterocycles. The van der Waals surface area contributed by atoms with Crippen LogP contribution in [0.2, 0.25) is 16.6 Å². The van der Waals surface area contributed by atoms with E-state index in [1.54, 1.807) is 0 Å². The number of ether oxygens (including phenoxy) is 1. The highest BCUT2D eigenvalue weighted by molar-refractivity contribution is 6.77. The lowest BCUT2D eigenvalue weighted by Crippen LogP contribution is -2.47. The standard InChI is InChI=1S/C23H42O3Si/c1-17(2)27(18(3)4,19(5)6)25-16-12-11-15-23(10,20-13-14-20)26-21(24)22(7,8)9/h17-20H,12-14,16H2,1-10H3. The summed E-state index contributed by atoms with van der Waals surface area (Å²) in [4.78, 5) is 12.3. The minimum absolute atomic E-state index is 0.173. The smallest absolute Gasteiger partial charge is 0.312 e. The van der Waals surface area contributed by atoms with Crippen molar-refractivity contribution in [2.75, 3.05) is 6.61 Å². The van der Waals surface area contributed by atoms with Crippen molar-refractivity contribution < 1.29 is 14.0 Å². The molecule has 0 saturated heterocycles. The second-order valence-electron chi connectivity index (χ2n) is 10.2. The van der Waals surface area contributed by atoms with Crippen LogP contribution in [-0.4, -0.2) is 26.5 Å². The van der Waals surface area contributed by atoms with Gasteiger partial charge in [0.2, 0.25) is 0 Å². The molecule has 1 fully saturated rings. The molecule has 1 rings (SSSR count). The largest absolute Gasteiger partial charge is 0.445 e. The third kappa shape index (κ3) is 6.09. The molecule has 1 atom stereocenters. The van der Waals surface area contributed by atoms with Crippen LogP contribution in [0, 0.1) is 23.2 Å². The van der Waals surface area contributed by atoms with E-state index in [-0.39, 0.29) is 5.97 Å². The van der Waals surface area contributed by atoms with Gasteiger partial charge in [0.05, 0.1) is 5.41 Å². The minimum atomic E-state index is -1.84. The maximum atomic E-state index is 12.3. The summed E-state index contributed by atoms with van der Waals surface area (Å²) in [6, 6.07) is 0. The summed E-state index contributed by atoms with van der Waals surface area (Å²) >= 11 is 0. The molecule has 0 aromatic rings. The van der Waals surface area contributed by atoms with E-state index in [1.807, 2.05) is 27.7 Å². The summed E-state index contributed by atoms with van der Waals surface area (Å²) < 4.78 is 12.4. The monoisotopic (exact) mass is 394 g/mol. The Kier molecular flexibility index (Phi) is 8.20. The lowest BCUT2D eigenvalue weighted by Gasteiger charge is -2.42. The van der Waals surface area contributed by atoms with Gasteiger partial charge in [-0.1, -0.05) is 53.4 Å².